The summed E-state index contributed by atoms with van der Waals surface area (Å²) in [5.41, 5.74) is 3.23. The first-order valence-electron chi connectivity index (χ1n) is 7.53. The highest BCUT2D eigenvalue weighted by atomic mass is 79.9. The number of benzene rings is 2. The van der Waals surface area contributed by atoms with E-state index in [0.717, 1.165) is 38.1 Å². The molecule has 2 heterocycles. The van der Waals surface area contributed by atoms with Crippen LogP contribution in [-0.2, 0) is 0 Å². The molecule has 0 bridgehead atoms. The highest BCUT2D eigenvalue weighted by molar-refractivity contribution is 9.10. The third kappa shape index (κ3) is 2.85. The number of hydrogen-bond donors (Lipinski definition) is 1. The Morgan fingerprint density at radius 2 is 1.79 bits per heavy atom. The zero-order valence-corrected chi connectivity index (χ0v) is 15.2. The quantitative estimate of drug-likeness (QED) is 0.653. The number of rotatable bonds is 2. The van der Waals surface area contributed by atoms with E-state index in [1.165, 1.54) is 0 Å². The smallest absolute Gasteiger partial charge is 0.226 e. The summed E-state index contributed by atoms with van der Waals surface area (Å²) in [6, 6.07) is 16.0. The van der Waals surface area contributed by atoms with E-state index < -0.39 is 0 Å². The van der Waals surface area contributed by atoms with E-state index in [-0.39, 0.29) is 6.04 Å². The van der Waals surface area contributed by atoms with Crippen LogP contribution in [0.3, 0.4) is 0 Å². The standard InChI is InChI=1S/C18H14BrClN4/c1-11-21-18-22-16(12-2-6-14(19)7-3-12)10-17(24(18)23-11)13-4-8-15(20)9-5-13/h2-10,17H,1H3,(H,21,22,23). The van der Waals surface area contributed by atoms with E-state index in [9.17, 15) is 0 Å². The average molecular weight is 402 g/mol. The van der Waals surface area contributed by atoms with Crippen molar-refractivity contribution in [1.29, 1.82) is 0 Å². The van der Waals surface area contributed by atoms with Crippen molar-refractivity contribution in [2.24, 2.45) is 0 Å². The van der Waals surface area contributed by atoms with Gasteiger partial charge in [-0.15, -0.1) is 0 Å². The number of allylic oxidation sites excluding steroid dienone is 1. The van der Waals surface area contributed by atoms with Crippen LogP contribution < -0.4 is 5.32 Å². The Balaban J connectivity index is 1.82. The van der Waals surface area contributed by atoms with Gasteiger partial charge in [0.25, 0.3) is 0 Å². The van der Waals surface area contributed by atoms with Crippen molar-refractivity contribution in [1.82, 2.24) is 14.8 Å². The Morgan fingerprint density at radius 3 is 2.50 bits per heavy atom. The number of nitrogens with one attached hydrogen (secondary N) is 1. The second-order valence-corrected chi connectivity index (χ2v) is 6.99. The fourth-order valence-electron chi connectivity index (χ4n) is 2.80. The molecule has 1 aliphatic heterocycles. The second-order valence-electron chi connectivity index (χ2n) is 5.64. The molecule has 1 aromatic heterocycles. The van der Waals surface area contributed by atoms with E-state index in [1.807, 2.05) is 48.0 Å². The molecular formula is C18H14BrClN4. The van der Waals surface area contributed by atoms with Crippen LogP contribution >= 0.6 is 27.5 Å². The molecule has 4 nitrogen and oxygen atoms in total. The van der Waals surface area contributed by atoms with Gasteiger partial charge in [0.15, 0.2) is 0 Å². The number of nitrogens with zero attached hydrogens (tertiary/aromatic N) is 3. The van der Waals surface area contributed by atoms with Gasteiger partial charge in [-0.05, 0) is 48.4 Å². The van der Waals surface area contributed by atoms with Crippen LogP contribution in [0.5, 0.6) is 0 Å². The van der Waals surface area contributed by atoms with E-state index in [1.54, 1.807) is 0 Å². The van der Waals surface area contributed by atoms with E-state index in [0.29, 0.717) is 0 Å². The summed E-state index contributed by atoms with van der Waals surface area (Å²) in [6.07, 6.45) is 2.16. The van der Waals surface area contributed by atoms with Crippen molar-refractivity contribution < 1.29 is 0 Å². The van der Waals surface area contributed by atoms with Crippen LogP contribution in [0.1, 0.15) is 23.0 Å². The molecule has 1 unspecified atom stereocenters. The highest BCUT2D eigenvalue weighted by Gasteiger charge is 2.24. The zero-order chi connectivity index (χ0) is 16.7. The minimum absolute atomic E-state index is 0.0293. The van der Waals surface area contributed by atoms with Gasteiger partial charge >= 0.3 is 0 Å². The topological polar surface area (TPSA) is 42.7 Å². The maximum absolute atomic E-state index is 6.03. The molecule has 24 heavy (non-hydrogen) atoms. The van der Waals surface area contributed by atoms with Crippen molar-refractivity contribution in [2.75, 3.05) is 5.32 Å². The van der Waals surface area contributed by atoms with Crippen LogP contribution in [0.4, 0.5) is 5.95 Å². The number of hydrogen-bond acceptors (Lipinski definition) is 3. The normalized spacial score (nSPS) is 16.3. The Bertz CT molecular complexity index is 913. The van der Waals surface area contributed by atoms with E-state index in [2.05, 4.69) is 49.5 Å². The highest BCUT2D eigenvalue weighted by Crippen LogP contribution is 2.33. The van der Waals surface area contributed by atoms with Crippen LogP contribution in [0.15, 0.2) is 59.1 Å². The van der Waals surface area contributed by atoms with Crippen molar-refractivity contribution in [3.05, 3.63) is 81.1 Å². The molecule has 0 fully saturated rings. The fraction of sp³-hybridized carbons (Fsp3) is 0.111. The van der Waals surface area contributed by atoms with E-state index >= 15 is 0 Å². The number of aromatic nitrogens is 3. The maximum Gasteiger partial charge on any atom is 0.226 e. The van der Waals surface area contributed by atoms with Gasteiger partial charge in [0, 0.05) is 15.2 Å². The van der Waals surface area contributed by atoms with E-state index in [4.69, 9.17) is 11.6 Å². The van der Waals surface area contributed by atoms with Crippen LogP contribution in [0.25, 0.3) is 5.70 Å². The molecule has 1 atom stereocenters. The van der Waals surface area contributed by atoms with Crippen LogP contribution in [0.2, 0.25) is 5.02 Å². The Hall–Kier alpha value is -2.11. The lowest BCUT2D eigenvalue weighted by Crippen LogP contribution is -2.20. The Morgan fingerprint density at radius 1 is 1.08 bits per heavy atom. The Labute approximate surface area is 153 Å². The van der Waals surface area contributed by atoms with Crippen molar-refractivity contribution in [2.45, 2.75) is 13.0 Å². The lowest BCUT2D eigenvalue weighted by molar-refractivity contribution is 0.607. The largest absolute Gasteiger partial charge is 0.324 e. The molecule has 0 spiro atoms. The second kappa shape index (κ2) is 6.07. The predicted octanol–water partition coefficient (Wildman–Crippen LogP) is 5.06. The van der Waals surface area contributed by atoms with Crippen LogP contribution in [0, 0.1) is 6.92 Å². The Kier molecular flexibility index (Phi) is 3.90. The first-order chi connectivity index (χ1) is 11.6. The van der Waals surface area contributed by atoms with Gasteiger partial charge in [-0.25, -0.2) is 4.68 Å². The lowest BCUT2D eigenvalue weighted by Gasteiger charge is -2.24. The molecule has 0 saturated heterocycles. The predicted molar refractivity (Wildman–Crippen MR) is 100 cm³/mol. The van der Waals surface area contributed by atoms with Crippen molar-refractivity contribution >= 4 is 39.2 Å². The minimum atomic E-state index is -0.0293. The summed E-state index contributed by atoms with van der Waals surface area (Å²) in [5.74, 6) is 1.48. The summed E-state index contributed by atoms with van der Waals surface area (Å²) in [4.78, 5) is 4.50. The van der Waals surface area contributed by atoms with Gasteiger partial charge in [-0.3, -0.25) is 0 Å². The minimum Gasteiger partial charge on any atom is -0.324 e. The molecule has 4 rings (SSSR count). The monoisotopic (exact) mass is 400 g/mol. The maximum atomic E-state index is 6.03. The van der Waals surface area contributed by atoms with Gasteiger partial charge in [0.2, 0.25) is 5.95 Å². The summed E-state index contributed by atoms with van der Waals surface area (Å²) >= 11 is 9.50. The number of halogens is 2. The third-order valence-electron chi connectivity index (χ3n) is 3.94. The molecule has 2 aromatic carbocycles. The molecule has 1 N–H and O–H groups in total. The molecule has 0 saturated carbocycles. The lowest BCUT2D eigenvalue weighted by atomic mass is 10.0. The van der Waals surface area contributed by atoms with Crippen LogP contribution in [-0.4, -0.2) is 14.8 Å². The summed E-state index contributed by atoms with van der Waals surface area (Å²) in [6.45, 7) is 1.89. The summed E-state index contributed by atoms with van der Waals surface area (Å²) < 4.78 is 2.96. The molecule has 0 amide bonds. The molecule has 0 radical (unpaired) electrons. The zero-order valence-electron chi connectivity index (χ0n) is 12.9. The van der Waals surface area contributed by atoms with Gasteiger partial charge in [-0.1, -0.05) is 51.8 Å². The molecule has 6 heteroatoms. The molecule has 120 valence electrons. The molecule has 1 aliphatic rings. The summed E-state index contributed by atoms with van der Waals surface area (Å²) in [5, 5.41) is 8.63. The molecular weight excluding hydrogens is 388 g/mol. The SMILES string of the molecule is Cc1nc2n(n1)C(c1ccc(Cl)cc1)C=C(c1ccc(Br)cc1)N2. The summed E-state index contributed by atoms with van der Waals surface area (Å²) in [7, 11) is 0. The first kappa shape index (κ1) is 15.4. The van der Waals surface area contributed by atoms with Crippen molar-refractivity contribution in [3.63, 3.8) is 0 Å². The fourth-order valence-corrected chi connectivity index (χ4v) is 3.19. The van der Waals surface area contributed by atoms with Gasteiger partial charge in [-0.2, -0.15) is 10.1 Å². The molecule has 0 aliphatic carbocycles. The first-order valence-corrected chi connectivity index (χ1v) is 8.70. The number of anilines is 1. The average Bonchev–Trinajstić information content (AvgIpc) is 2.95. The number of aryl methyl sites for hydroxylation is 1. The van der Waals surface area contributed by atoms with Gasteiger partial charge < -0.3 is 5.32 Å². The third-order valence-corrected chi connectivity index (χ3v) is 4.72. The number of fused-ring (bicyclic) bond motifs is 1. The van der Waals surface area contributed by atoms with Gasteiger partial charge in [0.05, 0.1) is 0 Å². The van der Waals surface area contributed by atoms with Gasteiger partial charge in [0.1, 0.15) is 11.9 Å². The molecule has 3 aromatic rings. The van der Waals surface area contributed by atoms with Crippen molar-refractivity contribution in [3.8, 4) is 0 Å².